The van der Waals surface area contributed by atoms with Crippen LogP contribution in [0.3, 0.4) is 0 Å². The molecule has 0 N–H and O–H groups in total. The van der Waals surface area contributed by atoms with Gasteiger partial charge in [0.2, 0.25) is 0 Å². The third-order valence-electron chi connectivity index (χ3n) is 2.61. The highest BCUT2D eigenvalue weighted by Crippen LogP contribution is 2.18. The van der Waals surface area contributed by atoms with Crippen LogP contribution in [-0.2, 0) is 8.85 Å². The maximum absolute atomic E-state index is 5.94. The van der Waals surface area contributed by atoms with E-state index in [2.05, 4.69) is 26.5 Å². The summed E-state index contributed by atoms with van der Waals surface area (Å²) in [5.41, 5.74) is 0. The fourth-order valence-electron chi connectivity index (χ4n) is 2.06. The summed E-state index contributed by atoms with van der Waals surface area (Å²) in [7, 11) is -2.10. The summed E-state index contributed by atoms with van der Waals surface area (Å²) in [6.45, 7) is 16.2. The number of hydrogen-bond acceptors (Lipinski definition) is 2. The van der Waals surface area contributed by atoms with Crippen molar-refractivity contribution in [3.63, 3.8) is 0 Å². The van der Waals surface area contributed by atoms with Crippen LogP contribution < -0.4 is 0 Å². The van der Waals surface area contributed by atoms with Crippen LogP contribution in [0.25, 0.3) is 0 Å². The number of hydrogen-bond donors (Lipinski definition) is 0. The molecule has 0 saturated heterocycles. The average molecular weight is 270 g/mol. The van der Waals surface area contributed by atoms with E-state index < -0.39 is 8.56 Å². The Morgan fingerprint density at radius 1 is 1.22 bits per heavy atom. The molecule has 106 valence electrons. The van der Waals surface area contributed by atoms with Gasteiger partial charge in [0.25, 0.3) is 0 Å². The first-order valence-electron chi connectivity index (χ1n) is 6.98. The number of rotatable bonds is 9. The fourth-order valence-corrected chi connectivity index (χ4v) is 3.79. The second-order valence-electron chi connectivity index (χ2n) is 5.56. The molecule has 0 bridgehead atoms. The lowest BCUT2D eigenvalue weighted by molar-refractivity contribution is 0.274. The van der Waals surface area contributed by atoms with Gasteiger partial charge in [0.05, 0.1) is 11.5 Å². The molecule has 3 heteroatoms. The minimum absolute atomic E-state index is 0.575. The third kappa shape index (κ3) is 9.34. The molecular weight excluding hydrogens is 240 g/mol. The molecule has 0 aliphatic heterocycles. The molecule has 0 fully saturated rings. The Balaban J connectivity index is 4.20. The maximum Gasteiger partial charge on any atom is 0.453 e. The van der Waals surface area contributed by atoms with Crippen LogP contribution >= 0.6 is 0 Å². The Labute approximate surface area is 114 Å². The van der Waals surface area contributed by atoms with Crippen molar-refractivity contribution in [3.05, 3.63) is 24.2 Å². The molecule has 0 aromatic rings. The zero-order valence-electron chi connectivity index (χ0n) is 13.0. The van der Waals surface area contributed by atoms with Crippen molar-refractivity contribution in [2.45, 2.75) is 66.5 Å². The van der Waals surface area contributed by atoms with Gasteiger partial charge in [-0.15, -0.1) is 0 Å². The summed E-state index contributed by atoms with van der Waals surface area (Å²) >= 11 is 0. The molecule has 0 saturated carbocycles. The van der Waals surface area contributed by atoms with Crippen molar-refractivity contribution in [1.82, 2.24) is 0 Å². The molecule has 0 spiro atoms. The van der Waals surface area contributed by atoms with Crippen molar-refractivity contribution in [2.24, 2.45) is 5.92 Å². The first-order valence-corrected chi connectivity index (χ1v) is 9.80. The van der Waals surface area contributed by atoms with Crippen molar-refractivity contribution in [1.29, 1.82) is 0 Å². The summed E-state index contributed by atoms with van der Waals surface area (Å²) in [4.78, 5) is 0. The third-order valence-corrected chi connectivity index (χ3v) is 4.26. The average Bonchev–Trinajstić information content (AvgIpc) is 2.13. The fraction of sp³-hybridized carbons (Fsp3) is 0.733. The van der Waals surface area contributed by atoms with Crippen LogP contribution in [0.2, 0.25) is 13.1 Å². The van der Waals surface area contributed by atoms with E-state index in [-0.39, 0.29) is 0 Å². The molecule has 0 aliphatic rings. The van der Waals surface area contributed by atoms with Gasteiger partial charge in [-0.05, 0) is 32.3 Å². The monoisotopic (exact) mass is 270 g/mol. The predicted octanol–water partition coefficient (Wildman–Crippen LogP) is 5.38. The van der Waals surface area contributed by atoms with E-state index in [9.17, 15) is 0 Å². The van der Waals surface area contributed by atoms with Crippen molar-refractivity contribution >= 4 is 8.56 Å². The van der Waals surface area contributed by atoms with Gasteiger partial charge in [0.15, 0.2) is 0 Å². The zero-order chi connectivity index (χ0) is 14.2. The highest BCUT2D eigenvalue weighted by molar-refractivity contribution is 6.65. The largest absolute Gasteiger partial charge is 0.517 e. The second kappa shape index (κ2) is 8.41. The molecule has 0 rings (SSSR count). The van der Waals surface area contributed by atoms with E-state index in [0.717, 1.165) is 11.5 Å². The Morgan fingerprint density at radius 3 is 2.33 bits per heavy atom. The first-order chi connectivity index (χ1) is 8.26. The minimum atomic E-state index is -2.10. The van der Waals surface area contributed by atoms with Crippen molar-refractivity contribution in [3.8, 4) is 0 Å². The Bertz CT molecular complexity index is 282. The van der Waals surface area contributed by atoms with E-state index in [0.29, 0.717) is 5.92 Å². The van der Waals surface area contributed by atoms with Crippen LogP contribution in [0.1, 0.15) is 53.4 Å². The Morgan fingerprint density at radius 2 is 1.83 bits per heavy atom. The SMILES string of the molecule is C=C(C)O[Si](C)(C)O/C(C)=C/C(C)CCCCC. The molecule has 18 heavy (non-hydrogen) atoms. The molecule has 2 nitrogen and oxygen atoms in total. The van der Waals surface area contributed by atoms with E-state index in [1.54, 1.807) is 0 Å². The number of unbranched alkanes of at least 4 members (excludes halogenated alkanes) is 2. The number of allylic oxidation sites excluding steroid dienone is 3. The van der Waals surface area contributed by atoms with Crippen LogP contribution in [0.5, 0.6) is 0 Å². The van der Waals surface area contributed by atoms with Gasteiger partial charge in [-0.25, -0.2) is 0 Å². The van der Waals surface area contributed by atoms with Gasteiger partial charge in [-0.3, -0.25) is 0 Å². The lowest BCUT2D eigenvalue weighted by atomic mass is 10.0. The Kier molecular flexibility index (Phi) is 8.08. The molecule has 1 unspecified atom stereocenters. The smallest absolute Gasteiger partial charge is 0.453 e. The van der Waals surface area contributed by atoms with Crippen LogP contribution in [0, 0.1) is 5.92 Å². The van der Waals surface area contributed by atoms with Crippen LogP contribution in [0.4, 0.5) is 0 Å². The Hall–Kier alpha value is -0.703. The topological polar surface area (TPSA) is 18.5 Å². The molecule has 0 aliphatic carbocycles. The first kappa shape index (κ1) is 17.3. The standard InChI is InChI=1S/C15H30O2Si/c1-8-9-10-11-14(4)12-15(5)17-18(6,7)16-13(2)3/h12,14H,2,8-11H2,1,3-7H3/b15-12+. The summed E-state index contributed by atoms with van der Waals surface area (Å²) < 4.78 is 11.6. The minimum Gasteiger partial charge on any atom is -0.517 e. The lowest BCUT2D eigenvalue weighted by Crippen LogP contribution is -2.33. The van der Waals surface area contributed by atoms with E-state index in [1.807, 2.05) is 26.9 Å². The molecule has 0 aromatic carbocycles. The highest BCUT2D eigenvalue weighted by atomic mass is 28.4. The predicted molar refractivity (Wildman–Crippen MR) is 81.5 cm³/mol. The quantitative estimate of drug-likeness (QED) is 0.318. The molecule has 0 amide bonds. The van der Waals surface area contributed by atoms with Gasteiger partial charge in [-0.2, -0.15) is 0 Å². The van der Waals surface area contributed by atoms with Crippen molar-refractivity contribution < 1.29 is 8.85 Å². The highest BCUT2D eigenvalue weighted by Gasteiger charge is 2.28. The van der Waals surface area contributed by atoms with E-state index in [1.165, 1.54) is 25.7 Å². The molecule has 0 radical (unpaired) electrons. The van der Waals surface area contributed by atoms with E-state index in [4.69, 9.17) is 8.85 Å². The summed E-state index contributed by atoms with van der Waals surface area (Å²) in [5.74, 6) is 2.29. The maximum atomic E-state index is 5.94. The molecule has 0 heterocycles. The lowest BCUT2D eigenvalue weighted by Gasteiger charge is -2.25. The normalized spacial score (nSPS) is 14.2. The van der Waals surface area contributed by atoms with Gasteiger partial charge >= 0.3 is 8.56 Å². The molecule has 1 atom stereocenters. The van der Waals surface area contributed by atoms with Crippen molar-refractivity contribution in [2.75, 3.05) is 0 Å². The van der Waals surface area contributed by atoms with Gasteiger partial charge < -0.3 is 8.85 Å². The van der Waals surface area contributed by atoms with E-state index >= 15 is 0 Å². The van der Waals surface area contributed by atoms with Gasteiger partial charge in [0, 0.05) is 13.1 Å². The van der Waals surface area contributed by atoms with Crippen LogP contribution in [-0.4, -0.2) is 8.56 Å². The van der Waals surface area contributed by atoms with Crippen LogP contribution in [0.15, 0.2) is 24.2 Å². The second-order valence-corrected chi connectivity index (χ2v) is 8.76. The van der Waals surface area contributed by atoms with Gasteiger partial charge in [0.1, 0.15) is 0 Å². The van der Waals surface area contributed by atoms with Gasteiger partial charge in [-0.1, -0.05) is 39.7 Å². The summed E-state index contributed by atoms with van der Waals surface area (Å²) in [5, 5.41) is 0. The molecule has 0 aromatic heterocycles. The zero-order valence-corrected chi connectivity index (χ0v) is 14.0. The summed E-state index contributed by atoms with van der Waals surface area (Å²) in [6, 6.07) is 0. The summed E-state index contributed by atoms with van der Waals surface area (Å²) in [6.07, 6.45) is 7.34. The molecular formula is C15H30O2Si.